The summed E-state index contributed by atoms with van der Waals surface area (Å²) >= 11 is 0. The minimum atomic E-state index is -0.378. The molecule has 23 heavy (non-hydrogen) atoms. The molecule has 1 amide bonds. The number of nitrogens with one attached hydrogen (secondary N) is 1. The Bertz CT molecular complexity index is 874. The van der Waals surface area contributed by atoms with E-state index in [1.807, 2.05) is 19.1 Å². The predicted octanol–water partition coefficient (Wildman–Crippen LogP) is 1.79. The third-order valence-corrected chi connectivity index (χ3v) is 3.25. The van der Waals surface area contributed by atoms with Gasteiger partial charge in [0.1, 0.15) is 11.6 Å². The number of rotatable bonds is 4. The maximum atomic E-state index is 12.5. The lowest BCUT2D eigenvalue weighted by atomic mass is 10.2. The Hall–Kier alpha value is -3.03. The zero-order valence-electron chi connectivity index (χ0n) is 13.1. The number of nitrogens with zero attached hydrogens (tertiary/aromatic N) is 5. The van der Waals surface area contributed by atoms with Crippen molar-refractivity contribution in [1.82, 2.24) is 24.8 Å². The third kappa shape index (κ3) is 2.83. The fourth-order valence-electron chi connectivity index (χ4n) is 2.20. The van der Waals surface area contributed by atoms with Crippen molar-refractivity contribution in [3.8, 4) is 5.75 Å². The van der Waals surface area contributed by atoms with Gasteiger partial charge < -0.3 is 10.1 Å². The van der Waals surface area contributed by atoms with E-state index in [0.717, 1.165) is 0 Å². The van der Waals surface area contributed by atoms with E-state index in [4.69, 9.17) is 4.74 Å². The van der Waals surface area contributed by atoms with Crippen LogP contribution in [0.4, 0.5) is 5.69 Å². The number of aryl methyl sites for hydroxylation is 2. The number of carbonyl (C=O) groups is 1. The van der Waals surface area contributed by atoms with Crippen molar-refractivity contribution in [3.63, 3.8) is 0 Å². The van der Waals surface area contributed by atoms with E-state index in [0.29, 0.717) is 35.3 Å². The van der Waals surface area contributed by atoms with Crippen LogP contribution in [0.25, 0.3) is 5.78 Å². The van der Waals surface area contributed by atoms with Gasteiger partial charge in [-0.05, 0) is 32.9 Å². The van der Waals surface area contributed by atoms with Gasteiger partial charge in [-0.1, -0.05) is 12.1 Å². The van der Waals surface area contributed by atoms with Gasteiger partial charge in [-0.3, -0.25) is 4.79 Å². The van der Waals surface area contributed by atoms with Crippen molar-refractivity contribution in [2.75, 3.05) is 11.9 Å². The summed E-state index contributed by atoms with van der Waals surface area (Å²) < 4.78 is 7.00. The van der Waals surface area contributed by atoms with E-state index in [1.165, 1.54) is 4.52 Å². The van der Waals surface area contributed by atoms with Crippen molar-refractivity contribution in [1.29, 1.82) is 0 Å². The highest BCUT2D eigenvalue weighted by Crippen LogP contribution is 2.24. The predicted molar refractivity (Wildman–Crippen MR) is 83.6 cm³/mol. The van der Waals surface area contributed by atoms with Crippen LogP contribution in [-0.2, 0) is 0 Å². The lowest BCUT2D eigenvalue weighted by molar-refractivity contribution is 0.101. The number of aromatic nitrogens is 5. The van der Waals surface area contributed by atoms with Crippen LogP contribution in [0.5, 0.6) is 5.75 Å². The molecule has 0 aliphatic heterocycles. The molecule has 1 N–H and O–H groups in total. The normalized spacial score (nSPS) is 10.7. The first-order chi connectivity index (χ1) is 11.1. The molecule has 0 saturated heterocycles. The van der Waals surface area contributed by atoms with Crippen molar-refractivity contribution < 1.29 is 9.53 Å². The molecule has 0 saturated carbocycles. The molecule has 8 nitrogen and oxygen atoms in total. The third-order valence-electron chi connectivity index (χ3n) is 3.25. The summed E-state index contributed by atoms with van der Waals surface area (Å²) in [6, 6.07) is 7.22. The van der Waals surface area contributed by atoms with Crippen LogP contribution in [0.1, 0.15) is 28.9 Å². The summed E-state index contributed by atoms with van der Waals surface area (Å²) in [5.74, 6) is 1.16. The van der Waals surface area contributed by atoms with Gasteiger partial charge in [-0.2, -0.15) is 9.50 Å². The van der Waals surface area contributed by atoms with Gasteiger partial charge in [0.2, 0.25) is 0 Å². The topological polar surface area (TPSA) is 94.3 Å². The van der Waals surface area contributed by atoms with E-state index >= 15 is 0 Å². The Kier molecular flexibility index (Phi) is 3.88. The average molecular weight is 312 g/mol. The quantitative estimate of drug-likeness (QED) is 0.789. The number of hydrogen-bond donors (Lipinski definition) is 1. The molecule has 0 unspecified atom stereocenters. The minimum absolute atomic E-state index is 0.189. The molecule has 1 aromatic carbocycles. The first kappa shape index (κ1) is 14.9. The van der Waals surface area contributed by atoms with Crippen molar-refractivity contribution in [2.24, 2.45) is 0 Å². The lowest BCUT2D eigenvalue weighted by Crippen LogP contribution is -2.19. The Balaban J connectivity index is 1.93. The van der Waals surface area contributed by atoms with E-state index in [1.54, 1.807) is 26.0 Å². The van der Waals surface area contributed by atoms with Gasteiger partial charge in [0.15, 0.2) is 5.69 Å². The monoisotopic (exact) mass is 312 g/mol. The second kappa shape index (κ2) is 5.99. The summed E-state index contributed by atoms with van der Waals surface area (Å²) in [7, 11) is 0. The zero-order chi connectivity index (χ0) is 16.4. The first-order valence-corrected chi connectivity index (χ1v) is 7.20. The van der Waals surface area contributed by atoms with Crippen LogP contribution in [0, 0.1) is 13.8 Å². The Morgan fingerprint density at radius 2 is 2.04 bits per heavy atom. The van der Waals surface area contributed by atoms with Gasteiger partial charge in [0.05, 0.1) is 18.0 Å². The standard InChI is InChI=1S/C15H16N6O2/c1-4-23-12-8-6-5-7-11(12)17-14(22)13-9(2)21-15(19-18-13)16-10(3)20-21/h5-8H,4H2,1-3H3,(H,17,22). The summed E-state index contributed by atoms with van der Waals surface area (Å²) in [5, 5.41) is 14.9. The molecule has 0 spiro atoms. The molecule has 0 fully saturated rings. The molecule has 2 aromatic heterocycles. The number of anilines is 1. The molecule has 0 aliphatic rings. The highest BCUT2D eigenvalue weighted by atomic mass is 16.5. The van der Waals surface area contributed by atoms with Crippen molar-refractivity contribution in [2.45, 2.75) is 20.8 Å². The van der Waals surface area contributed by atoms with E-state index in [-0.39, 0.29) is 11.6 Å². The summed E-state index contributed by atoms with van der Waals surface area (Å²) in [6.45, 7) is 5.90. The average Bonchev–Trinajstić information content (AvgIpc) is 2.91. The van der Waals surface area contributed by atoms with Crippen molar-refractivity contribution in [3.05, 3.63) is 41.5 Å². The van der Waals surface area contributed by atoms with Crippen LogP contribution < -0.4 is 10.1 Å². The van der Waals surface area contributed by atoms with Gasteiger partial charge in [-0.15, -0.1) is 15.3 Å². The second-order valence-corrected chi connectivity index (χ2v) is 4.89. The highest BCUT2D eigenvalue weighted by Gasteiger charge is 2.18. The molecule has 2 heterocycles. The molecule has 3 rings (SSSR count). The van der Waals surface area contributed by atoms with Crippen LogP contribution in [0.15, 0.2) is 24.3 Å². The zero-order valence-corrected chi connectivity index (χ0v) is 13.1. The van der Waals surface area contributed by atoms with Gasteiger partial charge in [0.25, 0.3) is 11.7 Å². The lowest BCUT2D eigenvalue weighted by Gasteiger charge is -2.11. The molecule has 118 valence electrons. The maximum Gasteiger partial charge on any atom is 0.278 e. The summed E-state index contributed by atoms with van der Waals surface area (Å²) in [6.07, 6.45) is 0. The van der Waals surface area contributed by atoms with E-state index < -0.39 is 0 Å². The fraction of sp³-hybridized carbons (Fsp3) is 0.267. The number of hydrogen-bond acceptors (Lipinski definition) is 6. The smallest absolute Gasteiger partial charge is 0.278 e. The Morgan fingerprint density at radius 3 is 2.83 bits per heavy atom. The van der Waals surface area contributed by atoms with Crippen LogP contribution in [0.2, 0.25) is 0 Å². The van der Waals surface area contributed by atoms with Crippen LogP contribution >= 0.6 is 0 Å². The number of carbonyl (C=O) groups excluding carboxylic acids is 1. The number of fused-ring (bicyclic) bond motifs is 1. The number of para-hydroxylation sites is 2. The molecule has 8 heteroatoms. The molecule has 0 bridgehead atoms. The van der Waals surface area contributed by atoms with Crippen molar-refractivity contribution >= 4 is 17.4 Å². The minimum Gasteiger partial charge on any atom is -0.492 e. The highest BCUT2D eigenvalue weighted by molar-refractivity contribution is 6.04. The van der Waals surface area contributed by atoms with E-state index in [9.17, 15) is 4.79 Å². The largest absolute Gasteiger partial charge is 0.492 e. The number of amides is 1. The molecular weight excluding hydrogens is 296 g/mol. The van der Waals surface area contributed by atoms with Gasteiger partial charge >= 0.3 is 0 Å². The first-order valence-electron chi connectivity index (χ1n) is 7.20. The molecular formula is C15H16N6O2. The maximum absolute atomic E-state index is 12.5. The Labute approximate surface area is 132 Å². The number of benzene rings is 1. The molecule has 0 atom stereocenters. The fourth-order valence-corrected chi connectivity index (χ4v) is 2.20. The van der Waals surface area contributed by atoms with Gasteiger partial charge in [0, 0.05) is 0 Å². The van der Waals surface area contributed by atoms with Crippen LogP contribution in [-0.4, -0.2) is 37.3 Å². The Morgan fingerprint density at radius 1 is 1.26 bits per heavy atom. The SMILES string of the molecule is CCOc1ccccc1NC(=O)c1nnc2nc(C)nn2c1C. The molecule has 0 aliphatic carbocycles. The molecule has 3 aromatic rings. The second-order valence-electron chi connectivity index (χ2n) is 4.89. The van der Waals surface area contributed by atoms with Gasteiger partial charge in [-0.25, -0.2) is 0 Å². The number of ether oxygens (including phenoxy) is 1. The van der Waals surface area contributed by atoms with Crippen LogP contribution in [0.3, 0.4) is 0 Å². The van der Waals surface area contributed by atoms with E-state index in [2.05, 4.69) is 25.6 Å². The molecule has 0 radical (unpaired) electrons. The summed E-state index contributed by atoms with van der Waals surface area (Å²) in [4.78, 5) is 16.6. The summed E-state index contributed by atoms with van der Waals surface area (Å²) in [5.41, 5.74) is 1.34.